The monoisotopic (exact) mass is 296 g/mol. The topological polar surface area (TPSA) is 18.5 Å². The van der Waals surface area contributed by atoms with E-state index in [4.69, 9.17) is 9.47 Å². The first-order chi connectivity index (χ1) is 10.7. The number of ether oxygens (including phenoxy) is 2. The van der Waals surface area contributed by atoms with Gasteiger partial charge in [-0.05, 0) is 68.4 Å². The van der Waals surface area contributed by atoms with E-state index in [0.717, 1.165) is 11.5 Å². The Hall–Kier alpha value is -1.96. The molecule has 2 aliphatic rings. The van der Waals surface area contributed by atoms with Crippen LogP contribution >= 0.6 is 0 Å². The molecule has 0 unspecified atom stereocenters. The Bertz CT molecular complexity index is 589. The van der Waals surface area contributed by atoms with Gasteiger partial charge >= 0.3 is 0 Å². The van der Waals surface area contributed by atoms with Gasteiger partial charge in [0.15, 0.2) is 11.5 Å². The van der Waals surface area contributed by atoms with Crippen LogP contribution in [0.5, 0.6) is 11.5 Å². The van der Waals surface area contributed by atoms with Gasteiger partial charge in [0, 0.05) is 0 Å². The van der Waals surface area contributed by atoms with Gasteiger partial charge in [-0.1, -0.05) is 29.8 Å². The Morgan fingerprint density at radius 2 is 1.32 bits per heavy atom. The fourth-order valence-corrected chi connectivity index (χ4v) is 3.01. The molecule has 0 bridgehead atoms. The molecule has 1 heterocycles. The normalized spacial score (nSPS) is 15.4. The molecule has 0 saturated carbocycles. The maximum absolute atomic E-state index is 5.38. The lowest BCUT2D eigenvalue weighted by Gasteiger charge is -2.18. The van der Waals surface area contributed by atoms with Crippen molar-refractivity contribution in [3.05, 3.63) is 58.7 Å². The van der Waals surface area contributed by atoms with Crippen molar-refractivity contribution in [1.82, 2.24) is 0 Å². The average Bonchev–Trinajstić information content (AvgIpc) is 2.55. The molecule has 0 N–H and O–H groups in total. The van der Waals surface area contributed by atoms with Crippen LogP contribution in [0.2, 0.25) is 0 Å². The van der Waals surface area contributed by atoms with E-state index < -0.39 is 0 Å². The lowest BCUT2D eigenvalue weighted by molar-refractivity contribution is 0.171. The van der Waals surface area contributed by atoms with Crippen LogP contribution in [0.1, 0.15) is 35.1 Å². The predicted octanol–water partition coefficient (Wildman–Crippen LogP) is 4.64. The minimum Gasteiger partial charge on any atom is -0.486 e. The Balaban J connectivity index is 0.000000131. The highest BCUT2D eigenvalue weighted by Gasteiger charge is 2.09. The third-order valence-corrected chi connectivity index (χ3v) is 4.20. The molecule has 0 saturated heterocycles. The van der Waals surface area contributed by atoms with E-state index >= 15 is 0 Å². The minimum absolute atomic E-state index is 0.663. The molecule has 0 radical (unpaired) electrons. The van der Waals surface area contributed by atoms with Gasteiger partial charge in [0.25, 0.3) is 0 Å². The molecule has 0 aromatic heterocycles. The van der Waals surface area contributed by atoms with Crippen molar-refractivity contribution in [2.45, 2.75) is 39.5 Å². The van der Waals surface area contributed by atoms with Gasteiger partial charge in [0.1, 0.15) is 13.2 Å². The summed E-state index contributed by atoms with van der Waals surface area (Å²) in [6.45, 7) is 5.54. The van der Waals surface area contributed by atoms with Gasteiger partial charge in [0.05, 0.1) is 0 Å². The molecule has 1 aliphatic heterocycles. The summed E-state index contributed by atoms with van der Waals surface area (Å²) < 4.78 is 10.7. The van der Waals surface area contributed by atoms with E-state index in [1.54, 1.807) is 11.1 Å². The van der Waals surface area contributed by atoms with Crippen LogP contribution in [0.15, 0.2) is 36.4 Å². The van der Waals surface area contributed by atoms with E-state index in [1.807, 2.05) is 25.1 Å². The molecule has 1 aliphatic carbocycles. The predicted molar refractivity (Wildman–Crippen MR) is 90.0 cm³/mol. The molecule has 2 aromatic rings. The molecule has 2 nitrogen and oxygen atoms in total. The van der Waals surface area contributed by atoms with Crippen LogP contribution in [0.3, 0.4) is 0 Å². The number of aryl methyl sites for hydroxylation is 4. The van der Waals surface area contributed by atoms with Crippen molar-refractivity contribution in [2.24, 2.45) is 0 Å². The SMILES string of the molecule is Cc1ccc2c(c1)CCCC2.Cc1ccc2c(c1)OCCO2. The maximum Gasteiger partial charge on any atom is 0.161 e. The van der Waals surface area contributed by atoms with Gasteiger partial charge < -0.3 is 9.47 Å². The molecule has 4 rings (SSSR count). The van der Waals surface area contributed by atoms with Crippen molar-refractivity contribution < 1.29 is 9.47 Å². The highest BCUT2D eigenvalue weighted by molar-refractivity contribution is 5.43. The molecule has 0 fully saturated rings. The second kappa shape index (κ2) is 6.87. The summed E-state index contributed by atoms with van der Waals surface area (Å²) >= 11 is 0. The van der Waals surface area contributed by atoms with Crippen LogP contribution < -0.4 is 9.47 Å². The van der Waals surface area contributed by atoms with Crippen molar-refractivity contribution >= 4 is 0 Å². The Kier molecular flexibility index (Phi) is 4.67. The number of fused-ring (bicyclic) bond motifs is 2. The third-order valence-electron chi connectivity index (χ3n) is 4.20. The third kappa shape index (κ3) is 3.62. The largest absolute Gasteiger partial charge is 0.486 e. The fourth-order valence-electron chi connectivity index (χ4n) is 3.01. The number of hydrogen-bond acceptors (Lipinski definition) is 2. The van der Waals surface area contributed by atoms with E-state index in [2.05, 4.69) is 25.1 Å². The van der Waals surface area contributed by atoms with E-state index in [-0.39, 0.29) is 0 Å². The smallest absolute Gasteiger partial charge is 0.161 e. The van der Waals surface area contributed by atoms with Crippen molar-refractivity contribution in [2.75, 3.05) is 13.2 Å². The first kappa shape index (κ1) is 15.0. The molecule has 0 amide bonds. The second-order valence-corrected chi connectivity index (χ2v) is 6.13. The fraction of sp³-hybridized carbons (Fsp3) is 0.400. The van der Waals surface area contributed by atoms with Crippen molar-refractivity contribution in [3.8, 4) is 11.5 Å². The van der Waals surface area contributed by atoms with E-state index in [9.17, 15) is 0 Å². The Labute approximate surface area is 133 Å². The molecule has 2 aromatic carbocycles. The molecule has 0 spiro atoms. The van der Waals surface area contributed by atoms with Gasteiger partial charge in [-0.3, -0.25) is 0 Å². The molecule has 22 heavy (non-hydrogen) atoms. The molecule has 116 valence electrons. The lowest BCUT2D eigenvalue weighted by atomic mass is 9.91. The Morgan fingerprint density at radius 3 is 2.14 bits per heavy atom. The average molecular weight is 296 g/mol. The van der Waals surface area contributed by atoms with E-state index in [0.29, 0.717) is 13.2 Å². The van der Waals surface area contributed by atoms with Crippen molar-refractivity contribution in [1.29, 1.82) is 0 Å². The maximum atomic E-state index is 5.38. The van der Waals surface area contributed by atoms with Crippen LogP contribution in [0.25, 0.3) is 0 Å². The van der Waals surface area contributed by atoms with E-state index in [1.165, 1.54) is 36.8 Å². The summed E-state index contributed by atoms with van der Waals surface area (Å²) in [4.78, 5) is 0. The van der Waals surface area contributed by atoms with Crippen LogP contribution in [-0.2, 0) is 12.8 Å². The summed E-state index contributed by atoms with van der Waals surface area (Å²) in [6, 6.07) is 12.8. The van der Waals surface area contributed by atoms with Gasteiger partial charge in [-0.2, -0.15) is 0 Å². The van der Waals surface area contributed by atoms with Gasteiger partial charge in [-0.15, -0.1) is 0 Å². The van der Waals surface area contributed by atoms with Crippen LogP contribution in [0, 0.1) is 13.8 Å². The highest BCUT2D eigenvalue weighted by Crippen LogP contribution is 2.30. The zero-order chi connectivity index (χ0) is 15.4. The number of hydrogen-bond donors (Lipinski definition) is 0. The van der Waals surface area contributed by atoms with Crippen LogP contribution in [-0.4, -0.2) is 13.2 Å². The summed E-state index contributed by atoms with van der Waals surface area (Å²) in [5.74, 6) is 1.73. The zero-order valence-corrected chi connectivity index (χ0v) is 13.5. The second-order valence-electron chi connectivity index (χ2n) is 6.13. The quantitative estimate of drug-likeness (QED) is 0.705. The first-order valence-electron chi connectivity index (χ1n) is 8.17. The number of rotatable bonds is 0. The molecule has 2 heteroatoms. The van der Waals surface area contributed by atoms with Crippen molar-refractivity contribution in [3.63, 3.8) is 0 Å². The minimum atomic E-state index is 0.663. The van der Waals surface area contributed by atoms with Gasteiger partial charge in [-0.25, -0.2) is 0 Å². The molecular formula is C20H24O2. The summed E-state index contributed by atoms with van der Waals surface area (Å²) in [5, 5.41) is 0. The number of benzene rings is 2. The molecular weight excluding hydrogens is 272 g/mol. The standard InChI is InChI=1S/C11H14.C9H10O2/c1-9-6-7-10-4-2-3-5-11(10)8-9;1-7-2-3-8-9(6-7)11-5-4-10-8/h6-8H,2-5H2,1H3;2-3,6H,4-5H2,1H3. The summed E-state index contributed by atoms with van der Waals surface area (Å²) in [5.41, 5.74) is 5.79. The first-order valence-corrected chi connectivity index (χ1v) is 8.17. The molecule has 0 atom stereocenters. The zero-order valence-electron chi connectivity index (χ0n) is 13.5. The van der Waals surface area contributed by atoms with Gasteiger partial charge in [0.2, 0.25) is 0 Å². The highest BCUT2D eigenvalue weighted by atomic mass is 16.6. The lowest BCUT2D eigenvalue weighted by Crippen LogP contribution is -2.15. The van der Waals surface area contributed by atoms with Crippen LogP contribution in [0.4, 0.5) is 0 Å². The summed E-state index contributed by atoms with van der Waals surface area (Å²) in [7, 11) is 0. The Morgan fingerprint density at radius 1 is 0.682 bits per heavy atom. The summed E-state index contributed by atoms with van der Waals surface area (Å²) in [6.07, 6.45) is 5.37.